The first-order valence-corrected chi connectivity index (χ1v) is 8.41. The van der Waals surface area contributed by atoms with Gasteiger partial charge in [-0.15, -0.1) is 0 Å². The number of hydrogen-bond acceptors (Lipinski definition) is 4. The average Bonchev–Trinajstić information content (AvgIpc) is 3.15. The first-order valence-electron chi connectivity index (χ1n) is 8.41. The number of amides is 1. The fourth-order valence-corrected chi connectivity index (χ4v) is 3.03. The van der Waals surface area contributed by atoms with E-state index >= 15 is 0 Å². The highest BCUT2D eigenvalue weighted by Crippen LogP contribution is 2.31. The van der Waals surface area contributed by atoms with Crippen LogP contribution in [0.3, 0.4) is 0 Å². The zero-order chi connectivity index (χ0) is 15.8. The number of aliphatic hydroxyl groups is 1. The zero-order valence-electron chi connectivity index (χ0n) is 13.5. The van der Waals surface area contributed by atoms with Crippen LogP contribution in [0.1, 0.15) is 51.5 Å². The zero-order valence-corrected chi connectivity index (χ0v) is 13.5. The maximum Gasteiger partial charge on any atom is 0.239 e. The second kappa shape index (κ2) is 8.90. The first kappa shape index (κ1) is 17.0. The highest BCUT2D eigenvalue weighted by atomic mass is 16.3. The summed E-state index contributed by atoms with van der Waals surface area (Å²) in [5.41, 5.74) is 0. The number of carbonyl (C=O) groups excluding carboxylic acids is 1. The van der Waals surface area contributed by atoms with Gasteiger partial charge in [-0.05, 0) is 25.8 Å². The number of aromatic nitrogens is 2. The van der Waals surface area contributed by atoms with Gasteiger partial charge < -0.3 is 10.4 Å². The molecule has 1 amide bonds. The van der Waals surface area contributed by atoms with Gasteiger partial charge in [-0.2, -0.15) is 5.10 Å². The molecule has 1 heterocycles. The lowest BCUT2D eigenvalue weighted by Gasteiger charge is -2.21. The predicted molar refractivity (Wildman–Crippen MR) is 86.8 cm³/mol. The van der Waals surface area contributed by atoms with Crippen LogP contribution in [0.4, 0.5) is 5.82 Å². The van der Waals surface area contributed by atoms with Crippen LogP contribution in [0.5, 0.6) is 0 Å². The van der Waals surface area contributed by atoms with Crippen LogP contribution in [-0.2, 0) is 4.79 Å². The topological polar surface area (TPSA) is 70.4 Å². The van der Waals surface area contributed by atoms with Crippen LogP contribution < -0.4 is 5.32 Å². The number of nitrogens with one attached hydrogen (secondary N) is 1. The smallest absolute Gasteiger partial charge is 0.239 e. The van der Waals surface area contributed by atoms with Gasteiger partial charge in [-0.1, -0.05) is 26.2 Å². The third-order valence-corrected chi connectivity index (χ3v) is 4.22. The number of rotatable bonds is 9. The van der Waals surface area contributed by atoms with E-state index in [0.29, 0.717) is 19.1 Å². The molecular weight excluding hydrogens is 280 g/mol. The maximum absolute atomic E-state index is 12.3. The van der Waals surface area contributed by atoms with E-state index in [1.165, 1.54) is 12.8 Å². The monoisotopic (exact) mass is 308 g/mol. The molecule has 6 heteroatoms. The summed E-state index contributed by atoms with van der Waals surface area (Å²) in [4.78, 5) is 14.2. The fourth-order valence-electron chi connectivity index (χ4n) is 3.03. The van der Waals surface area contributed by atoms with Crippen LogP contribution >= 0.6 is 0 Å². The molecule has 0 unspecified atom stereocenters. The molecule has 0 bridgehead atoms. The normalized spacial score (nSPS) is 15.6. The quantitative estimate of drug-likeness (QED) is 0.732. The molecule has 0 radical (unpaired) electrons. The van der Waals surface area contributed by atoms with E-state index in [1.54, 1.807) is 6.20 Å². The Balaban J connectivity index is 1.89. The van der Waals surface area contributed by atoms with Gasteiger partial charge in [-0.3, -0.25) is 9.69 Å². The molecule has 0 aromatic carbocycles. The van der Waals surface area contributed by atoms with E-state index in [4.69, 9.17) is 5.11 Å². The van der Waals surface area contributed by atoms with Crippen molar-refractivity contribution in [2.75, 3.05) is 31.6 Å². The van der Waals surface area contributed by atoms with Gasteiger partial charge in [0.25, 0.3) is 0 Å². The van der Waals surface area contributed by atoms with E-state index in [0.717, 1.165) is 38.0 Å². The maximum atomic E-state index is 12.3. The fraction of sp³-hybridized carbons (Fsp3) is 0.750. The number of nitrogens with zero attached hydrogens (tertiary/aromatic N) is 3. The lowest BCUT2D eigenvalue weighted by Crippen LogP contribution is -2.36. The summed E-state index contributed by atoms with van der Waals surface area (Å²) in [6.07, 6.45) is 8.61. The van der Waals surface area contributed by atoms with Gasteiger partial charge >= 0.3 is 0 Å². The molecule has 0 saturated heterocycles. The number of carbonyl (C=O) groups is 1. The van der Waals surface area contributed by atoms with Crippen LogP contribution in [0.2, 0.25) is 0 Å². The molecule has 0 atom stereocenters. The van der Waals surface area contributed by atoms with E-state index < -0.39 is 0 Å². The molecule has 0 spiro atoms. The van der Waals surface area contributed by atoms with Crippen molar-refractivity contribution in [1.29, 1.82) is 0 Å². The van der Waals surface area contributed by atoms with Crippen molar-refractivity contribution < 1.29 is 9.90 Å². The summed E-state index contributed by atoms with van der Waals surface area (Å²) < 4.78 is 1.95. The first-order chi connectivity index (χ1) is 10.7. The summed E-state index contributed by atoms with van der Waals surface area (Å²) in [5.74, 6) is 0.751. The van der Waals surface area contributed by atoms with Crippen molar-refractivity contribution in [1.82, 2.24) is 14.7 Å². The molecule has 22 heavy (non-hydrogen) atoms. The third-order valence-electron chi connectivity index (χ3n) is 4.22. The van der Waals surface area contributed by atoms with E-state index in [2.05, 4.69) is 17.3 Å². The van der Waals surface area contributed by atoms with Crippen LogP contribution in [-0.4, -0.2) is 51.9 Å². The molecule has 1 fully saturated rings. The average molecular weight is 308 g/mol. The summed E-state index contributed by atoms with van der Waals surface area (Å²) in [7, 11) is 0. The molecule has 0 aliphatic heterocycles. The third kappa shape index (κ3) is 4.81. The van der Waals surface area contributed by atoms with Crippen molar-refractivity contribution in [3.8, 4) is 0 Å². The summed E-state index contributed by atoms with van der Waals surface area (Å²) in [5, 5.41) is 16.4. The Bertz CT molecular complexity index is 455. The number of anilines is 1. The molecule has 1 aromatic heterocycles. The van der Waals surface area contributed by atoms with E-state index in [1.807, 2.05) is 15.6 Å². The van der Waals surface area contributed by atoms with Crippen molar-refractivity contribution in [3.63, 3.8) is 0 Å². The standard InChI is InChI=1S/C16H28N4O2/c1-2-3-10-19(11-12-21)13-16(22)18-15-8-9-17-20(15)14-6-4-5-7-14/h8-9,14,21H,2-7,10-13H2,1H3,(H,18,22). The molecule has 1 aromatic rings. The van der Waals surface area contributed by atoms with Gasteiger partial charge in [0, 0.05) is 12.6 Å². The summed E-state index contributed by atoms with van der Waals surface area (Å²) in [6, 6.07) is 2.28. The Morgan fingerprint density at radius 2 is 2.23 bits per heavy atom. The molecule has 1 aliphatic rings. The lowest BCUT2D eigenvalue weighted by atomic mass is 10.2. The molecule has 1 saturated carbocycles. The van der Waals surface area contributed by atoms with Crippen molar-refractivity contribution in [2.45, 2.75) is 51.5 Å². The van der Waals surface area contributed by atoms with Gasteiger partial charge in [0.2, 0.25) is 5.91 Å². The summed E-state index contributed by atoms with van der Waals surface area (Å²) in [6.45, 7) is 3.90. The number of unbranched alkanes of at least 4 members (excludes halogenated alkanes) is 1. The number of hydrogen-bond donors (Lipinski definition) is 2. The Hall–Kier alpha value is -1.40. The molecule has 6 nitrogen and oxygen atoms in total. The minimum atomic E-state index is -0.0377. The summed E-state index contributed by atoms with van der Waals surface area (Å²) >= 11 is 0. The second-order valence-electron chi connectivity index (χ2n) is 6.00. The Kier molecular flexibility index (Phi) is 6.86. The lowest BCUT2D eigenvalue weighted by molar-refractivity contribution is -0.117. The molecular formula is C16H28N4O2. The van der Waals surface area contributed by atoms with Crippen LogP contribution in [0, 0.1) is 0 Å². The predicted octanol–water partition coefficient (Wildman–Crippen LogP) is 2.03. The Morgan fingerprint density at radius 1 is 1.45 bits per heavy atom. The largest absolute Gasteiger partial charge is 0.395 e. The Labute approximate surface area is 132 Å². The SMILES string of the molecule is CCCCN(CCO)CC(=O)Nc1ccnn1C1CCCC1. The van der Waals surface area contributed by atoms with Gasteiger partial charge in [0.1, 0.15) is 5.82 Å². The highest BCUT2D eigenvalue weighted by molar-refractivity contribution is 5.91. The highest BCUT2D eigenvalue weighted by Gasteiger charge is 2.20. The van der Waals surface area contributed by atoms with Crippen molar-refractivity contribution in [3.05, 3.63) is 12.3 Å². The van der Waals surface area contributed by atoms with Crippen molar-refractivity contribution in [2.24, 2.45) is 0 Å². The molecule has 124 valence electrons. The molecule has 2 rings (SSSR count). The Morgan fingerprint density at radius 3 is 2.91 bits per heavy atom. The van der Waals surface area contributed by atoms with Crippen LogP contribution in [0.15, 0.2) is 12.3 Å². The minimum absolute atomic E-state index is 0.0377. The number of aliphatic hydroxyl groups excluding tert-OH is 1. The van der Waals surface area contributed by atoms with Crippen LogP contribution in [0.25, 0.3) is 0 Å². The van der Waals surface area contributed by atoms with E-state index in [-0.39, 0.29) is 12.5 Å². The molecule has 1 aliphatic carbocycles. The van der Waals surface area contributed by atoms with Crippen molar-refractivity contribution >= 4 is 11.7 Å². The second-order valence-corrected chi connectivity index (χ2v) is 6.00. The van der Waals surface area contributed by atoms with Gasteiger partial charge in [0.05, 0.1) is 25.4 Å². The van der Waals surface area contributed by atoms with Gasteiger partial charge in [-0.25, -0.2) is 4.68 Å². The molecule has 2 N–H and O–H groups in total. The van der Waals surface area contributed by atoms with E-state index in [9.17, 15) is 4.79 Å². The minimum Gasteiger partial charge on any atom is -0.395 e. The van der Waals surface area contributed by atoms with Gasteiger partial charge in [0.15, 0.2) is 0 Å².